The first kappa shape index (κ1) is 22.0. The first-order chi connectivity index (χ1) is 16.5. The molecule has 0 amide bonds. The fourth-order valence-corrected chi connectivity index (χ4v) is 4.19. The Labute approximate surface area is 206 Å². The Morgan fingerprint density at radius 1 is 0.794 bits per heavy atom. The van der Waals surface area contributed by atoms with Crippen LogP contribution in [0.15, 0.2) is 97.1 Å². The van der Waals surface area contributed by atoms with Crippen molar-refractivity contribution in [2.75, 3.05) is 0 Å². The van der Waals surface area contributed by atoms with Crippen molar-refractivity contribution in [2.45, 2.75) is 0 Å². The van der Waals surface area contributed by atoms with Gasteiger partial charge in [-0.15, -0.1) is 0 Å². The molecule has 0 aliphatic heterocycles. The lowest BCUT2D eigenvalue weighted by Crippen LogP contribution is -2.01. The number of carbonyl (C=O) groups is 1. The molecule has 1 heterocycles. The number of hydrogen-bond donors (Lipinski definition) is 1. The molecule has 0 radical (unpaired) electrons. The fraction of sp³-hybridized carbons (Fsp3) is 0. The number of carboxylic acids is 1. The van der Waals surface area contributed by atoms with Crippen LogP contribution in [-0.4, -0.2) is 20.9 Å². The highest BCUT2D eigenvalue weighted by atomic mass is 35.5. The Morgan fingerprint density at radius 3 is 2.29 bits per heavy atom. The fourth-order valence-electron chi connectivity index (χ4n) is 3.88. The highest BCUT2D eigenvalue weighted by Crippen LogP contribution is 2.30. The molecule has 0 aliphatic rings. The molecule has 1 aromatic heterocycles. The zero-order chi connectivity index (χ0) is 23.7. The van der Waals surface area contributed by atoms with Gasteiger partial charge in [0, 0.05) is 15.6 Å². The lowest BCUT2D eigenvalue weighted by atomic mass is 10.0. The molecule has 4 nitrogen and oxygen atoms in total. The van der Waals surface area contributed by atoms with Gasteiger partial charge in [-0.1, -0.05) is 71.7 Å². The summed E-state index contributed by atoms with van der Waals surface area (Å²) >= 11 is 12.2. The van der Waals surface area contributed by atoms with Gasteiger partial charge in [0.05, 0.1) is 22.6 Å². The minimum Gasteiger partial charge on any atom is -0.478 e. The van der Waals surface area contributed by atoms with Crippen LogP contribution in [0.4, 0.5) is 0 Å². The number of halogens is 2. The second kappa shape index (κ2) is 9.18. The molecule has 0 saturated carbocycles. The highest BCUT2D eigenvalue weighted by Gasteiger charge is 2.16. The van der Waals surface area contributed by atoms with E-state index in [0.29, 0.717) is 21.3 Å². The van der Waals surface area contributed by atoms with Crippen LogP contribution >= 0.6 is 23.2 Å². The molecule has 0 atom stereocenters. The third kappa shape index (κ3) is 4.46. The number of aliphatic carboxylic acids is 1. The summed E-state index contributed by atoms with van der Waals surface area (Å²) in [5.41, 5.74) is 3.72. The summed E-state index contributed by atoms with van der Waals surface area (Å²) in [7, 11) is 0. The third-order valence-electron chi connectivity index (χ3n) is 5.50. The summed E-state index contributed by atoms with van der Waals surface area (Å²) in [6.45, 7) is 0. The van der Waals surface area contributed by atoms with Crippen molar-refractivity contribution in [3.8, 4) is 16.9 Å². The zero-order valence-corrected chi connectivity index (χ0v) is 19.3. The lowest BCUT2D eigenvalue weighted by molar-refractivity contribution is -0.130. The van der Waals surface area contributed by atoms with Crippen molar-refractivity contribution < 1.29 is 9.90 Å². The van der Waals surface area contributed by atoms with E-state index in [1.165, 1.54) is 0 Å². The van der Waals surface area contributed by atoms with Gasteiger partial charge >= 0.3 is 5.97 Å². The van der Waals surface area contributed by atoms with Gasteiger partial charge in [-0.05, 0) is 70.9 Å². The van der Waals surface area contributed by atoms with Crippen LogP contribution < -0.4 is 0 Å². The Hall–Kier alpha value is -3.86. The van der Waals surface area contributed by atoms with Crippen LogP contribution in [0.25, 0.3) is 39.4 Å². The van der Waals surface area contributed by atoms with Crippen molar-refractivity contribution in [3.63, 3.8) is 0 Å². The molecule has 34 heavy (non-hydrogen) atoms. The second-order valence-electron chi connectivity index (χ2n) is 7.78. The summed E-state index contributed by atoms with van der Waals surface area (Å²) in [6.07, 6.45) is 1.56. The number of carboxylic acid groups (broad SMARTS) is 1. The van der Waals surface area contributed by atoms with Crippen LogP contribution in [-0.2, 0) is 4.79 Å². The maximum absolute atomic E-state index is 12.1. The van der Waals surface area contributed by atoms with E-state index in [-0.39, 0.29) is 5.57 Å². The van der Waals surface area contributed by atoms with Crippen molar-refractivity contribution in [3.05, 3.63) is 118 Å². The normalized spacial score (nSPS) is 11.6. The molecular weight excluding hydrogens is 467 g/mol. The molecule has 5 aromatic rings. The van der Waals surface area contributed by atoms with E-state index >= 15 is 0 Å². The van der Waals surface area contributed by atoms with Gasteiger partial charge in [-0.2, -0.15) is 5.10 Å². The molecule has 0 aliphatic carbocycles. The largest absolute Gasteiger partial charge is 0.478 e. The monoisotopic (exact) mass is 484 g/mol. The molecular formula is C28H18Cl2N2O2. The molecule has 1 N–H and O–H groups in total. The van der Waals surface area contributed by atoms with Crippen LogP contribution in [0.5, 0.6) is 0 Å². The van der Waals surface area contributed by atoms with E-state index in [2.05, 4.69) is 24.3 Å². The van der Waals surface area contributed by atoms with Crippen molar-refractivity contribution in [1.82, 2.24) is 9.78 Å². The minimum absolute atomic E-state index is 0.105. The maximum Gasteiger partial charge on any atom is 0.336 e. The number of fused-ring (bicyclic) bond motifs is 1. The first-order valence-electron chi connectivity index (χ1n) is 10.5. The molecule has 0 spiro atoms. The van der Waals surface area contributed by atoms with E-state index in [9.17, 15) is 9.90 Å². The van der Waals surface area contributed by atoms with Gasteiger partial charge in [0.25, 0.3) is 0 Å². The van der Waals surface area contributed by atoms with Crippen LogP contribution in [0, 0.1) is 0 Å². The predicted molar refractivity (Wildman–Crippen MR) is 138 cm³/mol. The third-order valence-corrected chi connectivity index (χ3v) is 5.99. The smallest absolute Gasteiger partial charge is 0.336 e. The Morgan fingerprint density at radius 2 is 1.56 bits per heavy atom. The van der Waals surface area contributed by atoms with Crippen molar-refractivity contribution >= 4 is 51.6 Å². The van der Waals surface area contributed by atoms with Crippen LogP contribution in [0.2, 0.25) is 10.0 Å². The first-order valence-corrected chi connectivity index (χ1v) is 11.3. The molecule has 4 aromatic carbocycles. The maximum atomic E-state index is 12.1. The standard InChI is InChI=1S/C28H18Cl2N2O2/c29-22-10-12-25(13-11-22)32-27(21-9-8-18-4-1-2-5-19(18)14-21)17-24(31-32)16-26(28(33)34)20-6-3-7-23(30)15-20/h1-17H,(H,33,34)/b26-16-. The van der Waals surface area contributed by atoms with E-state index < -0.39 is 5.97 Å². The van der Waals surface area contributed by atoms with E-state index in [0.717, 1.165) is 27.7 Å². The van der Waals surface area contributed by atoms with Crippen LogP contribution in [0.1, 0.15) is 11.3 Å². The van der Waals surface area contributed by atoms with Crippen LogP contribution in [0.3, 0.4) is 0 Å². The summed E-state index contributed by atoms with van der Waals surface area (Å²) in [5, 5.41) is 17.9. The predicted octanol–water partition coefficient (Wildman–Crippen LogP) is 7.62. The van der Waals surface area contributed by atoms with E-state index in [1.807, 2.05) is 36.4 Å². The molecule has 0 bridgehead atoms. The average molecular weight is 485 g/mol. The molecule has 0 unspecified atom stereocenters. The van der Waals surface area contributed by atoms with Gasteiger partial charge in [-0.3, -0.25) is 0 Å². The van der Waals surface area contributed by atoms with E-state index in [1.54, 1.807) is 47.2 Å². The van der Waals surface area contributed by atoms with Gasteiger partial charge in [-0.25, -0.2) is 9.48 Å². The Kier molecular flexibility index (Phi) is 5.93. The second-order valence-corrected chi connectivity index (χ2v) is 8.65. The average Bonchev–Trinajstić information content (AvgIpc) is 3.26. The number of benzene rings is 4. The number of hydrogen-bond acceptors (Lipinski definition) is 2. The highest BCUT2D eigenvalue weighted by molar-refractivity contribution is 6.31. The summed E-state index contributed by atoms with van der Waals surface area (Å²) in [5.74, 6) is -1.06. The molecule has 0 saturated heterocycles. The molecule has 5 rings (SSSR count). The number of rotatable bonds is 5. The topological polar surface area (TPSA) is 55.1 Å². The quantitative estimate of drug-likeness (QED) is 0.261. The zero-order valence-electron chi connectivity index (χ0n) is 17.8. The van der Waals surface area contributed by atoms with Crippen molar-refractivity contribution in [2.24, 2.45) is 0 Å². The Balaban J connectivity index is 1.69. The van der Waals surface area contributed by atoms with Gasteiger partial charge in [0.2, 0.25) is 0 Å². The lowest BCUT2D eigenvalue weighted by Gasteiger charge is -2.09. The molecule has 6 heteroatoms. The van der Waals surface area contributed by atoms with Gasteiger partial charge < -0.3 is 5.11 Å². The summed E-state index contributed by atoms with van der Waals surface area (Å²) < 4.78 is 1.80. The van der Waals surface area contributed by atoms with Crippen molar-refractivity contribution in [1.29, 1.82) is 0 Å². The SMILES string of the molecule is O=C(O)/C(=C\c1cc(-c2ccc3ccccc3c2)n(-c2ccc(Cl)cc2)n1)c1cccc(Cl)c1. The summed E-state index contributed by atoms with van der Waals surface area (Å²) in [4.78, 5) is 12.1. The van der Waals surface area contributed by atoms with E-state index in [4.69, 9.17) is 28.3 Å². The molecule has 0 fully saturated rings. The van der Waals surface area contributed by atoms with Gasteiger partial charge in [0.1, 0.15) is 0 Å². The summed E-state index contributed by atoms with van der Waals surface area (Å²) in [6, 6.07) is 30.3. The number of nitrogens with zero attached hydrogens (tertiary/aromatic N) is 2. The van der Waals surface area contributed by atoms with Gasteiger partial charge in [0.15, 0.2) is 0 Å². The minimum atomic E-state index is -1.06. The molecule has 166 valence electrons. The Bertz CT molecular complexity index is 1550. The number of aromatic nitrogens is 2.